The third-order valence-corrected chi connectivity index (χ3v) is 14.6. The Bertz CT molecular complexity index is 1530. The number of fused-ring (bicyclic) bond motifs is 2. The summed E-state index contributed by atoms with van der Waals surface area (Å²) in [6, 6.07) is 24.6. The Hall–Kier alpha value is -3.86. The second-order valence-corrected chi connectivity index (χ2v) is 15.6. The number of nitrogens with zero attached hydrogens (tertiary/aromatic N) is 2. The van der Waals surface area contributed by atoms with E-state index in [9.17, 15) is 18.0 Å². The van der Waals surface area contributed by atoms with Crippen LogP contribution in [0.15, 0.2) is 115 Å². The number of amides is 3. The predicted molar refractivity (Wildman–Crippen MR) is 162 cm³/mol. The first-order chi connectivity index (χ1) is 20.2. The van der Waals surface area contributed by atoms with Crippen molar-refractivity contribution >= 4 is 45.1 Å². The molecule has 0 aliphatic carbocycles. The first kappa shape index (κ1) is 29.6. The fourth-order valence-electron chi connectivity index (χ4n) is 5.75. The molecule has 220 valence electrons. The first-order valence-electron chi connectivity index (χ1n) is 13.2. The number of nitrogens with two attached hydrogens (primary N) is 1. The number of primary amides is 1. The Kier molecular flexibility index (Phi) is 8.06. The molecule has 2 aliphatic rings. The number of methoxy groups -OCH3 is 1. The summed E-state index contributed by atoms with van der Waals surface area (Å²) in [6.07, 6.45) is 3.27. The van der Waals surface area contributed by atoms with Gasteiger partial charge in [-0.1, -0.05) is 0 Å². The number of ether oxygens (including phenoxy) is 1. The van der Waals surface area contributed by atoms with Crippen molar-refractivity contribution in [3.05, 3.63) is 115 Å². The zero-order chi connectivity index (χ0) is 30.0. The molecule has 3 aromatic rings. The van der Waals surface area contributed by atoms with Crippen LogP contribution in [-0.4, -0.2) is 62.7 Å². The van der Waals surface area contributed by atoms with Gasteiger partial charge < -0.3 is 0 Å². The number of allylic oxidation sites excluding steroid dienone is 1. The van der Waals surface area contributed by atoms with Crippen LogP contribution in [-0.2, 0) is 28.2 Å². The van der Waals surface area contributed by atoms with E-state index in [4.69, 9.17) is 18.7 Å². The molecular weight excluding hydrogens is 577 g/mol. The average Bonchev–Trinajstić information content (AvgIpc) is 3.25. The molecule has 0 spiro atoms. The van der Waals surface area contributed by atoms with Gasteiger partial charge in [0.25, 0.3) is 0 Å². The van der Waals surface area contributed by atoms with Gasteiger partial charge in [0.2, 0.25) is 0 Å². The Labute approximate surface area is 245 Å². The first-order valence-corrected chi connectivity index (χ1v) is 16.8. The number of hydrogen-bond donors (Lipinski definition) is 1. The summed E-state index contributed by atoms with van der Waals surface area (Å²) in [5.41, 5.74) is 6.03. The van der Waals surface area contributed by atoms with Crippen molar-refractivity contribution in [2.75, 3.05) is 20.3 Å². The van der Waals surface area contributed by atoms with Gasteiger partial charge in [-0.3, -0.25) is 0 Å². The zero-order valence-electron chi connectivity index (χ0n) is 23.1. The summed E-state index contributed by atoms with van der Waals surface area (Å²) < 4.78 is 45.7. The molecule has 2 atom stereocenters. The molecule has 2 N–H and O–H groups in total. The SMILES string of the molecule is C/C=C/P(OS(=O)(=O)ON1C(=O)N2C[C@@H]1C(COC)=C[C@@H]2C(N)=O)(c1ccccc1)(c1ccccc1)c1ccccc1. The molecule has 0 unspecified atom stereocenters. The van der Waals surface area contributed by atoms with Crippen molar-refractivity contribution < 1.29 is 31.0 Å². The average molecular weight is 610 g/mol. The molecule has 2 aliphatic heterocycles. The molecule has 2 heterocycles. The van der Waals surface area contributed by atoms with Crippen LogP contribution in [0.25, 0.3) is 0 Å². The Balaban J connectivity index is 1.69. The number of hydroxylamine groups is 2. The van der Waals surface area contributed by atoms with Crippen molar-refractivity contribution in [3.8, 4) is 0 Å². The van der Waals surface area contributed by atoms with Gasteiger partial charge >= 0.3 is 246 Å². The summed E-state index contributed by atoms with van der Waals surface area (Å²) in [7, 11) is -3.54. The number of carbonyl (C=O) groups is 2. The van der Waals surface area contributed by atoms with Gasteiger partial charge in [0.1, 0.15) is 0 Å². The van der Waals surface area contributed by atoms with Gasteiger partial charge in [0, 0.05) is 0 Å². The number of benzene rings is 3. The Morgan fingerprint density at radius 3 is 1.88 bits per heavy atom. The van der Waals surface area contributed by atoms with E-state index in [1.54, 1.807) is 18.8 Å². The molecule has 42 heavy (non-hydrogen) atoms. The quantitative estimate of drug-likeness (QED) is 0.262. The molecule has 3 aromatic carbocycles. The van der Waals surface area contributed by atoms with Gasteiger partial charge in [0.05, 0.1) is 0 Å². The molecule has 0 saturated carbocycles. The van der Waals surface area contributed by atoms with E-state index < -0.39 is 41.3 Å². The molecule has 3 amide bonds. The number of rotatable bonds is 11. The maximum absolute atomic E-state index is 14.2. The van der Waals surface area contributed by atoms with Crippen LogP contribution in [0.1, 0.15) is 6.92 Å². The standard InChI is InChI=1S/C30H32N3O7PS/c1-3-19-41(24-13-7-4-8-14-24,25-15-9-5-10-16-25,26-17-11-6-12-18-26)40-42(36,37)39-33-28-21-32(30(33)35)27(29(31)34)20-23(28)22-38-2/h3-20,27-28H,21-22H2,1-2H3,(H2,31,34)/b19-3+/t27-,28-/m1/s1. The van der Waals surface area contributed by atoms with Gasteiger partial charge in [0.15, 0.2) is 0 Å². The van der Waals surface area contributed by atoms with E-state index in [0.717, 1.165) is 5.06 Å². The van der Waals surface area contributed by atoms with E-state index in [1.807, 2.05) is 91.0 Å². The third kappa shape index (κ3) is 4.83. The van der Waals surface area contributed by atoms with Crippen LogP contribution in [0, 0.1) is 0 Å². The molecule has 1 fully saturated rings. The van der Waals surface area contributed by atoms with Crippen molar-refractivity contribution in [2.45, 2.75) is 19.0 Å². The molecule has 0 radical (unpaired) electrons. The predicted octanol–water partition coefficient (Wildman–Crippen LogP) is 2.70. The van der Waals surface area contributed by atoms with Crippen molar-refractivity contribution in [2.24, 2.45) is 5.73 Å². The van der Waals surface area contributed by atoms with Crippen LogP contribution in [0.3, 0.4) is 0 Å². The van der Waals surface area contributed by atoms with E-state index in [1.165, 1.54) is 18.1 Å². The molecule has 1 saturated heterocycles. The van der Waals surface area contributed by atoms with E-state index >= 15 is 0 Å². The second kappa shape index (κ2) is 11.4. The molecule has 0 aromatic heterocycles. The summed E-state index contributed by atoms with van der Waals surface area (Å²) in [5.74, 6) is 1.03. The fraction of sp³-hybridized carbons (Fsp3) is 0.200. The summed E-state index contributed by atoms with van der Waals surface area (Å²) >= 11 is 0. The van der Waals surface area contributed by atoms with Crippen molar-refractivity contribution in [1.29, 1.82) is 0 Å². The monoisotopic (exact) mass is 609 g/mol. The normalized spacial score (nSPS) is 19.9. The van der Waals surface area contributed by atoms with Crippen LogP contribution in [0.5, 0.6) is 0 Å². The van der Waals surface area contributed by atoms with Gasteiger partial charge in [-0.15, -0.1) is 0 Å². The van der Waals surface area contributed by atoms with E-state index in [-0.39, 0.29) is 13.2 Å². The zero-order valence-corrected chi connectivity index (χ0v) is 24.9. The van der Waals surface area contributed by atoms with Crippen LogP contribution < -0.4 is 21.6 Å². The number of urea groups is 1. The third-order valence-electron chi connectivity index (χ3n) is 7.48. The molecule has 12 heteroatoms. The molecule has 2 bridgehead atoms. The minimum atomic E-state index is -4.99. The van der Waals surface area contributed by atoms with Gasteiger partial charge in [-0.25, -0.2) is 0 Å². The maximum atomic E-state index is 14.2. The fourth-order valence-corrected chi connectivity index (χ4v) is 13.2. The molecule has 5 rings (SSSR count). The van der Waals surface area contributed by atoms with Crippen LogP contribution in [0.2, 0.25) is 0 Å². The van der Waals surface area contributed by atoms with E-state index in [0.29, 0.717) is 21.5 Å². The second-order valence-electron chi connectivity index (χ2n) is 9.95. The van der Waals surface area contributed by atoms with E-state index in [2.05, 4.69) is 0 Å². The van der Waals surface area contributed by atoms with Crippen LogP contribution >= 0.6 is 6.83 Å². The molecule has 10 nitrogen and oxygen atoms in total. The Morgan fingerprint density at radius 1 is 0.952 bits per heavy atom. The summed E-state index contributed by atoms with van der Waals surface area (Å²) in [4.78, 5) is 26.7. The topological polar surface area (TPSA) is 128 Å². The van der Waals surface area contributed by atoms with Crippen LogP contribution in [0.4, 0.5) is 4.79 Å². The summed E-state index contributed by atoms with van der Waals surface area (Å²) in [6.45, 7) is -2.67. The molecular formula is C30H32N3O7PS. The van der Waals surface area contributed by atoms with Gasteiger partial charge in [-0.05, 0) is 0 Å². The van der Waals surface area contributed by atoms with Gasteiger partial charge in [-0.2, -0.15) is 0 Å². The minimum absolute atomic E-state index is 0.00826. The summed E-state index contributed by atoms with van der Waals surface area (Å²) in [5, 5.41) is 2.55. The number of carbonyl (C=O) groups excluding carboxylic acids is 2. The number of hydrogen-bond acceptors (Lipinski definition) is 7. The Morgan fingerprint density at radius 2 is 1.45 bits per heavy atom. The van der Waals surface area contributed by atoms with Crippen molar-refractivity contribution in [3.63, 3.8) is 0 Å². The van der Waals surface area contributed by atoms with Crippen molar-refractivity contribution in [1.82, 2.24) is 9.96 Å².